The van der Waals surface area contributed by atoms with Gasteiger partial charge < -0.3 is 0 Å². The molecule has 1 heterocycles. The minimum absolute atomic E-state index is 0.723. The summed E-state index contributed by atoms with van der Waals surface area (Å²) in [6, 6.07) is 18.5. The molecule has 0 aliphatic carbocycles. The summed E-state index contributed by atoms with van der Waals surface area (Å²) in [6.45, 7) is 0. The summed E-state index contributed by atoms with van der Waals surface area (Å²) >= 11 is 1.51. The highest BCUT2D eigenvalue weighted by molar-refractivity contribution is 8.13. The van der Waals surface area contributed by atoms with Crippen LogP contribution in [0.15, 0.2) is 64.8 Å². The predicted molar refractivity (Wildman–Crippen MR) is 85.6 cm³/mol. The van der Waals surface area contributed by atoms with Gasteiger partial charge in [0.2, 0.25) is 5.17 Å². The number of hydrogen-bond acceptors (Lipinski definition) is 5. The van der Waals surface area contributed by atoms with Crippen LogP contribution in [-0.4, -0.2) is 17.3 Å². The molecule has 20 heavy (non-hydrogen) atoms. The summed E-state index contributed by atoms with van der Waals surface area (Å²) in [7, 11) is 0. The largest absolute Gasteiger partial charge is 0.257 e. The molecule has 0 amide bonds. The maximum absolute atomic E-state index is 4.29. The molecule has 0 saturated carbocycles. The molecule has 2 aromatic rings. The second-order valence-corrected chi connectivity index (χ2v) is 5.05. The molecule has 0 aromatic heterocycles. The van der Waals surface area contributed by atoms with Crippen molar-refractivity contribution in [2.24, 2.45) is 10.2 Å². The van der Waals surface area contributed by atoms with E-state index < -0.39 is 0 Å². The number of benzene rings is 2. The van der Waals surface area contributed by atoms with Gasteiger partial charge in [0.25, 0.3) is 0 Å². The van der Waals surface area contributed by atoms with E-state index in [2.05, 4.69) is 45.3 Å². The lowest BCUT2D eigenvalue weighted by atomic mass is 10.0. The zero-order valence-corrected chi connectivity index (χ0v) is 11.8. The summed E-state index contributed by atoms with van der Waals surface area (Å²) in [5.41, 5.74) is 9.23. The zero-order chi connectivity index (χ0) is 13.8. The Labute approximate surface area is 122 Å². The van der Waals surface area contributed by atoms with Crippen LogP contribution >= 0.6 is 11.8 Å². The molecule has 0 atom stereocenters. The third-order valence-corrected chi connectivity index (χ3v) is 3.53. The molecular weight excluding hydrogens is 268 g/mol. The lowest BCUT2D eigenvalue weighted by Gasteiger charge is -2.14. The van der Waals surface area contributed by atoms with Crippen LogP contribution in [0.4, 0.5) is 0 Å². The van der Waals surface area contributed by atoms with Crippen LogP contribution in [0, 0.1) is 0 Å². The van der Waals surface area contributed by atoms with Gasteiger partial charge in [0.1, 0.15) is 0 Å². The van der Waals surface area contributed by atoms with Crippen LogP contribution in [-0.2, 0) is 0 Å². The highest BCUT2D eigenvalue weighted by atomic mass is 32.2. The van der Waals surface area contributed by atoms with Gasteiger partial charge in [0.05, 0.1) is 0 Å². The molecule has 0 radical (unpaired) electrons. The quantitative estimate of drug-likeness (QED) is 0.890. The van der Waals surface area contributed by atoms with Crippen molar-refractivity contribution in [3.63, 3.8) is 0 Å². The summed E-state index contributed by atoms with van der Waals surface area (Å²) in [6.07, 6.45) is 1.95. The fourth-order valence-corrected chi connectivity index (χ4v) is 2.23. The summed E-state index contributed by atoms with van der Waals surface area (Å²) in [5.74, 6) is 0.723. The highest BCUT2D eigenvalue weighted by Crippen LogP contribution is 2.20. The Morgan fingerprint density at radius 1 is 0.800 bits per heavy atom. The standard InChI is InChI=1S/C15H14N4S/c1-20-15-18-16-14(17-19-15)13-9-5-8-12(10-13)11-6-3-2-4-7-11/h2-10H,1H3,(H,16,17)(H,18,19). The van der Waals surface area contributed by atoms with E-state index in [4.69, 9.17) is 0 Å². The third-order valence-electron chi connectivity index (χ3n) is 2.96. The van der Waals surface area contributed by atoms with E-state index >= 15 is 0 Å². The molecule has 0 fully saturated rings. The van der Waals surface area contributed by atoms with Crippen molar-refractivity contribution < 1.29 is 0 Å². The summed E-state index contributed by atoms with van der Waals surface area (Å²) in [4.78, 5) is 0. The fourth-order valence-electron chi connectivity index (χ4n) is 1.95. The van der Waals surface area contributed by atoms with Gasteiger partial charge in [-0.15, -0.1) is 5.10 Å². The first kappa shape index (κ1) is 12.7. The molecule has 0 spiro atoms. The Hall–Kier alpha value is -2.27. The Kier molecular flexibility index (Phi) is 3.69. The molecule has 4 nitrogen and oxygen atoms in total. The van der Waals surface area contributed by atoms with Crippen molar-refractivity contribution in [3.8, 4) is 11.1 Å². The number of rotatable bonds is 2. The van der Waals surface area contributed by atoms with Gasteiger partial charge in [-0.05, 0) is 23.4 Å². The monoisotopic (exact) mass is 282 g/mol. The van der Waals surface area contributed by atoms with Crippen molar-refractivity contribution in [2.45, 2.75) is 0 Å². The molecule has 3 rings (SSSR count). The lowest BCUT2D eigenvalue weighted by molar-refractivity contribution is 0.899. The van der Waals surface area contributed by atoms with Crippen molar-refractivity contribution in [1.82, 2.24) is 10.9 Å². The molecule has 5 heteroatoms. The van der Waals surface area contributed by atoms with Gasteiger partial charge in [-0.1, -0.05) is 60.3 Å². The average Bonchev–Trinajstić information content (AvgIpc) is 2.56. The van der Waals surface area contributed by atoms with Crippen LogP contribution in [0.25, 0.3) is 11.1 Å². The Morgan fingerprint density at radius 3 is 2.25 bits per heavy atom. The van der Waals surface area contributed by atoms with Gasteiger partial charge >= 0.3 is 0 Å². The maximum Gasteiger partial charge on any atom is 0.200 e. The number of nitrogens with zero attached hydrogens (tertiary/aromatic N) is 2. The van der Waals surface area contributed by atoms with Crippen LogP contribution in [0.2, 0.25) is 0 Å². The molecule has 2 aromatic carbocycles. The Balaban J connectivity index is 1.88. The first-order valence-corrected chi connectivity index (χ1v) is 7.46. The van der Waals surface area contributed by atoms with Crippen molar-refractivity contribution in [1.29, 1.82) is 0 Å². The molecule has 0 bridgehead atoms. The zero-order valence-electron chi connectivity index (χ0n) is 11.0. The first-order chi connectivity index (χ1) is 9.86. The summed E-state index contributed by atoms with van der Waals surface area (Å²) in [5, 5.41) is 9.24. The van der Waals surface area contributed by atoms with E-state index in [1.807, 2.05) is 36.6 Å². The van der Waals surface area contributed by atoms with Gasteiger partial charge in [0.15, 0.2) is 5.84 Å². The number of amidine groups is 2. The SMILES string of the molecule is CSC1=NNC(c2cccc(-c3ccccc3)c2)=NN1. The van der Waals surface area contributed by atoms with Crippen LogP contribution in [0.1, 0.15) is 5.56 Å². The Bertz CT molecular complexity index is 665. The molecule has 1 aliphatic heterocycles. The fraction of sp³-hybridized carbons (Fsp3) is 0.0667. The van der Waals surface area contributed by atoms with E-state index in [1.54, 1.807) is 0 Å². The van der Waals surface area contributed by atoms with Crippen molar-refractivity contribution in [3.05, 3.63) is 60.2 Å². The van der Waals surface area contributed by atoms with E-state index in [1.165, 1.54) is 17.3 Å². The van der Waals surface area contributed by atoms with Gasteiger partial charge in [-0.2, -0.15) is 5.10 Å². The lowest BCUT2D eigenvalue weighted by Crippen LogP contribution is -2.32. The molecule has 2 N–H and O–H groups in total. The van der Waals surface area contributed by atoms with E-state index in [0.717, 1.165) is 22.1 Å². The minimum atomic E-state index is 0.723. The number of nitrogens with one attached hydrogen (secondary N) is 2. The second kappa shape index (κ2) is 5.79. The second-order valence-electron chi connectivity index (χ2n) is 4.25. The summed E-state index contributed by atoms with van der Waals surface area (Å²) < 4.78 is 0. The molecule has 0 unspecified atom stereocenters. The average molecular weight is 282 g/mol. The van der Waals surface area contributed by atoms with Crippen molar-refractivity contribution in [2.75, 3.05) is 6.26 Å². The predicted octanol–water partition coefficient (Wildman–Crippen LogP) is 2.84. The van der Waals surface area contributed by atoms with Gasteiger partial charge in [-0.3, -0.25) is 10.9 Å². The molecule has 1 aliphatic rings. The van der Waals surface area contributed by atoms with Crippen LogP contribution in [0.5, 0.6) is 0 Å². The smallest absolute Gasteiger partial charge is 0.200 e. The maximum atomic E-state index is 4.29. The van der Waals surface area contributed by atoms with Crippen molar-refractivity contribution >= 4 is 22.8 Å². The van der Waals surface area contributed by atoms with Crippen LogP contribution in [0.3, 0.4) is 0 Å². The highest BCUT2D eigenvalue weighted by Gasteiger charge is 2.09. The number of hydrazone groups is 2. The number of hydrogen-bond donors (Lipinski definition) is 2. The molecule has 0 saturated heterocycles. The number of thioether (sulfide) groups is 1. The van der Waals surface area contributed by atoms with Gasteiger partial charge in [-0.25, -0.2) is 0 Å². The minimum Gasteiger partial charge on any atom is -0.257 e. The molecular formula is C15H14N4S. The normalized spacial score (nSPS) is 13.8. The van der Waals surface area contributed by atoms with Gasteiger partial charge in [0, 0.05) is 5.56 Å². The van der Waals surface area contributed by atoms with Crippen LogP contribution < -0.4 is 10.9 Å². The van der Waals surface area contributed by atoms with E-state index in [-0.39, 0.29) is 0 Å². The first-order valence-electron chi connectivity index (χ1n) is 6.24. The third kappa shape index (κ3) is 2.67. The van der Waals surface area contributed by atoms with E-state index in [0.29, 0.717) is 0 Å². The topological polar surface area (TPSA) is 48.8 Å². The van der Waals surface area contributed by atoms with E-state index in [9.17, 15) is 0 Å². The Morgan fingerprint density at radius 2 is 1.55 bits per heavy atom. The molecule has 100 valence electrons.